The number of halogens is 1. The zero-order valence-electron chi connectivity index (χ0n) is 13.7. The molecule has 1 fully saturated rings. The van der Waals surface area contributed by atoms with Crippen molar-refractivity contribution in [3.8, 4) is 5.75 Å². The van der Waals surface area contributed by atoms with Gasteiger partial charge in [-0.1, -0.05) is 6.07 Å². The Morgan fingerprint density at radius 3 is 2.79 bits per heavy atom. The maximum Gasteiger partial charge on any atom is 0.130 e. The molecule has 0 spiro atoms. The first-order valence-electron chi connectivity index (χ1n) is 8.52. The predicted molar refractivity (Wildman–Crippen MR) is 97.7 cm³/mol. The standard InChI is InChI=1S/C19H21BrN2O2/c1-13-10-12-22(24-13)14-5-7-15(8-6-14)23-18-9-11-21-19-16(18)3-2-4-17(19)20/h2-4,9-11,14-15H,5-8,12H2,1H3. The molecule has 5 heteroatoms. The summed E-state index contributed by atoms with van der Waals surface area (Å²) in [7, 11) is 0. The van der Waals surface area contributed by atoms with Gasteiger partial charge in [0.05, 0.1) is 18.2 Å². The van der Waals surface area contributed by atoms with Crippen LogP contribution >= 0.6 is 15.9 Å². The Balaban J connectivity index is 1.42. The Hall–Kier alpha value is -1.59. The van der Waals surface area contributed by atoms with Crippen LogP contribution in [0, 0.1) is 0 Å². The summed E-state index contributed by atoms with van der Waals surface area (Å²) in [5, 5.41) is 3.18. The Kier molecular flexibility index (Phi) is 4.46. The van der Waals surface area contributed by atoms with E-state index in [-0.39, 0.29) is 6.10 Å². The van der Waals surface area contributed by atoms with Gasteiger partial charge in [0.2, 0.25) is 0 Å². The second-order valence-electron chi connectivity index (χ2n) is 6.50. The Labute approximate surface area is 150 Å². The minimum absolute atomic E-state index is 0.266. The molecule has 0 atom stereocenters. The SMILES string of the molecule is CC1=CCN(C2CCC(Oc3ccnc4c(Br)cccc34)CC2)O1. The number of aromatic nitrogens is 1. The van der Waals surface area contributed by atoms with Crippen LogP contribution in [0.4, 0.5) is 0 Å². The van der Waals surface area contributed by atoms with Crippen molar-refractivity contribution in [2.24, 2.45) is 0 Å². The van der Waals surface area contributed by atoms with Gasteiger partial charge in [-0.2, -0.15) is 0 Å². The van der Waals surface area contributed by atoms with Gasteiger partial charge < -0.3 is 9.57 Å². The summed E-state index contributed by atoms with van der Waals surface area (Å²) in [5.41, 5.74) is 0.954. The van der Waals surface area contributed by atoms with Crippen LogP contribution in [-0.4, -0.2) is 28.7 Å². The van der Waals surface area contributed by atoms with Gasteiger partial charge in [-0.3, -0.25) is 4.98 Å². The molecular weight excluding hydrogens is 368 g/mol. The van der Waals surface area contributed by atoms with Gasteiger partial charge in [0.1, 0.15) is 11.5 Å². The van der Waals surface area contributed by atoms with E-state index in [2.05, 4.69) is 38.1 Å². The number of para-hydroxylation sites is 1. The minimum Gasteiger partial charge on any atom is -0.490 e. The molecule has 1 aliphatic carbocycles. The zero-order chi connectivity index (χ0) is 16.5. The molecule has 4 nitrogen and oxygen atoms in total. The smallest absolute Gasteiger partial charge is 0.130 e. The summed E-state index contributed by atoms with van der Waals surface area (Å²) in [6.07, 6.45) is 8.56. The van der Waals surface area contributed by atoms with Crippen LogP contribution in [0.3, 0.4) is 0 Å². The second kappa shape index (κ2) is 6.73. The fourth-order valence-electron chi connectivity index (χ4n) is 3.55. The molecule has 4 rings (SSSR count). The lowest BCUT2D eigenvalue weighted by molar-refractivity contribution is -0.136. The zero-order valence-corrected chi connectivity index (χ0v) is 15.3. The van der Waals surface area contributed by atoms with Crippen LogP contribution in [0.5, 0.6) is 5.75 Å². The van der Waals surface area contributed by atoms with Gasteiger partial charge >= 0.3 is 0 Å². The van der Waals surface area contributed by atoms with Gasteiger partial charge in [-0.25, -0.2) is 0 Å². The van der Waals surface area contributed by atoms with Crippen LogP contribution < -0.4 is 4.74 Å². The third-order valence-corrected chi connectivity index (χ3v) is 5.49. The number of pyridine rings is 1. The Morgan fingerprint density at radius 2 is 2.04 bits per heavy atom. The third-order valence-electron chi connectivity index (χ3n) is 4.85. The topological polar surface area (TPSA) is 34.6 Å². The molecule has 2 heterocycles. The number of hydrogen-bond donors (Lipinski definition) is 0. The van der Waals surface area contributed by atoms with E-state index in [4.69, 9.17) is 9.57 Å². The van der Waals surface area contributed by atoms with Gasteiger partial charge in [-0.05, 0) is 72.8 Å². The van der Waals surface area contributed by atoms with E-state index in [1.807, 2.05) is 31.3 Å². The molecule has 0 unspecified atom stereocenters. The molecule has 24 heavy (non-hydrogen) atoms. The average molecular weight is 389 g/mol. The van der Waals surface area contributed by atoms with E-state index in [9.17, 15) is 0 Å². The lowest BCUT2D eigenvalue weighted by Crippen LogP contribution is -2.38. The van der Waals surface area contributed by atoms with E-state index in [0.29, 0.717) is 6.04 Å². The van der Waals surface area contributed by atoms with Crippen molar-refractivity contribution in [2.75, 3.05) is 6.54 Å². The van der Waals surface area contributed by atoms with Crippen molar-refractivity contribution in [3.05, 3.63) is 46.8 Å². The highest BCUT2D eigenvalue weighted by atomic mass is 79.9. The summed E-state index contributed by atoms with van der Waals surface area (Å²) in [5.74, 6) is 1.95. The summed E-state index contributed by atoms with van der Waals surface area (Å²) in [6.45, 7) is 2.92. The first-order chi connectivity index (χ1) is 11.7. The fourth-order valence-corrected chi connectivity index (χ4v) is 4.02. The lowest BCUT2D eigenvalue weighted by Gasteiger charge is -2.33. The quantitative estimate of drug-likeness (QED) is 0.753. The number of nitrogens with zero attached hydrogens (tertiary/aromatic N) is 2. The molecule has 0 saturated heterocycles. The van der Waals surface area contributed by atoms with Crippen LogP contribution in [0.1, 0.15) is 32.6 Å². The molecule has 2 aromatic rings. The summed E-state index contributed by atoms with van der Waals surface area (Å²) >= 11 is 3.56. The number of ether oxygens (including phenoxy) is 1. The second-order valence-corrected chi connectivity index (χ2v) is 7.35. The van der Waals surface area contributed by atoms with E-state index in [1.165, 1.54) is 0 Å². The van der Waals surface area contributed by atoms with Crippen molar-refractivity contribution < 1.29 is 9.57 Å². The first-order valence-corrected chi connectivity index (χ1v) is 9.31. The van der Waals surface area contributed by atoms with Crippen molar-refractivity contribution in [3.63, 3.8) is 0 Å². The molecule has 1 aromatic carbocycles. The minimum atomic E-state index is 0.266. The Morgan fingerprint density at radius 1 is 1.21 bits per heavy atom. The number of hydroxylamine groups is 2. The molecule has 2 aliphatic rings. The maximum atomic E-state index is 6.32. The molecule has 0 N–H and O–H groups in total. The van der Waals surface area contributed by atoms with E-state index in [0.717, 1.165) is 59.1 Å². The largest absolute Gasteiger partial charge is 0.490 e. The van der Waals surface area contributed by atoms with Crippen LogP contribution in [0.15, 0.2) is 46.8 Å². The number of rotatable bonds is 3. The first kappa shape index (κ1) is 15.9. The maximum absolute atomic E-state index is 6.32. The molecule has 126 valence electrons. The number of allylic oxidation sites excluding steroid dienone is 1. The number of benzene rings is 1. The monoisotopic (exact) mass is 388 g/mol. The van der Waals surface area contributed by atoms with E-state index >= 15 is 0 Å². The van der Waals surface area contributed by atoms with Crippen LogP contribution in [-0.2, 0) is 4.84 Å². The van der Waals surface area contributed by atoms with Gasteiger partial charge in [-0.15, -0.1) is 5.06 Å². The highest BCUT2D eigenvalue weighted by molar-refractivity contribution is 9.10. The molecular formula is C19H21BrN2O2. The highest BCUT2D eigenvalue weighted by Crippen LogP contribution is 2.33. The molecule has 1 aliphatic heterocycles. The highest BCUT2D eigenvalue weighted by Gasteiger charge is 2.29. The molecule has 0 radical (unpaired) electrons. The fraction of sp³-hybridized carbons (Fsp3) is 0.421. The summed E-state index contributed by atoms with van der Waals surface area (Å²) in [6, 6.07) is 8.58. The van der Waals surface area contributed by atoms with Crippen LogP contribution in [0.2, 0.25) is 0 Å². The van der Waals surface area contributed by atoms with Crippen molar-refractivity contribution in [1.82, 2.24) is 10.0 Å². The number of hydrogen-bond acceptors (Lipinski definition) is 4. The van der Waals surface area contributed by atoms with Crippen molar-refractivity contribution in [2.45, 2.75) is 44.8 Å². The summed E-state index contributed by atoms with van der Waals surface area (Å²) in [4.78, 5) is 10.2. The van der Waals surface area contributed by atoms with Gasteiger partial charge in [0.25, 0.3) is 0 Å². The predicted octanol–water partition coefficient (Wildman–Crippen LogP) is 4.84. The van der Waals surface area contributed by atoms with E-state index < -0.39 is 0 Å². The van der Waals surface area contributed by atoms with Gasteiger partial charge in [0, 0.05) is 22.1 Å². The molecule has 1 saturated carbocycles. The van der Waals surface area contributed by atoms with Crippen molar-refractivity contribution >= 4 is 26.8 Å². The van der Waals surface area contributed by atoms with Crippen molar-refractivity contribution in [1.29, 1.82) is 0 Å². The normalized spacial score (nSPS) is 24.7. The Bertz CT molecular complexity index is 769. The summed E-state index contributed by atoms with van der Waals surface area (Å²) < 4.78 is 7.33. The molecule has 1 aromatic heterocycles. The molecule has 0 amide bonds. The molecule has 0 bridgehead atoms. The van der Waals surface area contributed by atoms with Gasteiger partial charge in [0.15, 0.2) is 0 Å². The van der Waals surface area contributed by atoms with E-state index in [1.54, 1.807) is 0 Å². The third kappa shape index (κ3) is 3.15. The van der Waals surface area contributed by atoms with Crippen LogP contribution in [0.25, 0.3) is 10.9 Å². The number of fused-ring (bicyclic) bond motifs is 1. The average Bonchev–Trinajstić information content (AvgIpc) is 3.03. The lowest BCUT2D eigenvalue weighted by atomic mass is 9.92.